The predicted molar refractivity (Wildman–Crippen MR) is 64.9 cm³/mol. The van der Waals surface area contributed by atoms with Crippen molar-refractivity contribution in [1.29, 1.82) is 0 Å². The minimum absolute atomic E-state index is 0.121. The highest BCUT2D eigenvalue weighted by Crippen LogP contribution is 2.22. The molecule has 0 aliphatic carbocycles. The molecule has 1 aromatic carbocycles. The van der Waals surface area contributed by atoms with Gasteiger partial charge in [-0.25, -0.2) is 4.79 Å². The second kappa shape index (κ2) is 5.45. The highest BCUT2D eigenvalue weighted by molar-refractivity contribution is 6.03. The van der Waals surface area contributed by atoms with Crippen molar-refractivity contribution in [1.82, 2.24) is 0 Å². The molecule has 0 aromatic heterocycles. The van der Waals surface area contributed by atoms with Crippen molar-refractivity contribution in [3.8, 4) is 0 Å². The molecule has 0 spiro atoms. The number of nitrogens with two attached hydrogens (primary N) is 2. The molecule has 0 atom stereocenters. The molecular formula is C12H16N2O3. The van der Waals surface area contributed by atoms with Gasteiger partial charge in [-0.15, -0.1) is 0 Å². The Bertz CT molecular complexity index is 455. The van der Waals surface area contributed by atoms with Crippen LogP contribution in [0.2, 0.25) is 0 Å². The van der Waals surface area contributed by atoms with Gasteiger partial charge in [0.1, 0.15) is 0 Å². The number of carbonyl (C=O) groups excluding carboxylic acids is 2. The molecule has 0 aliphatic heterocycles. The molecule has 0 heterocycles. The van der Waals surface area contributed by atoms with Crippen LogP contribution in [0.25, 0.3) is 0 Å². The second-order valence-electron chi connectivity index (χ2n) is 3.65. The number of nitrogen functional groups attached to an aromatic ring is 1. The molecule has 1 aromatic rings. The van der Waals surface area contributed by atoms with Crippen LogP contribution in [0.5, 0.6) is 0 Å². The first-order chi connectivity index (χ1) is 8.02. The number of methoxy groups -OCH3 is 1. The van der Waals surface area contributed by atoms with Crippen molar-refractivity contribution in [2.75, 3.05) is 19.4 Å². The van der Waals surface area contributed by atoms with Gasteiger partial charge in [0.2, 0.25) is 0 Å². The molecule has 5 heteroatoms. The SMILES string of the molecule is COC(=O)c1ccc(C(=O)CCN)c(N)c1C. The minimum Gasteiger partial charge on any atom is -0.465 e. The number of benzene rings is 1. The van der Waals surface area contributed by atoms with E-state index in [1.165, 1.54) is 13.2 Å². The minimum atomic E-state index is -0.466. The lowest BCUT2D eigenvalue weighted by Gasteiger charge is -2.10. The van der Waals surface area contributed by atoms with Crippen LogP contribution in [-0.4, -0.2) is 25.4 Å². The summed E-state index contributed by atoms with van der Waals surface area (Å²) in [5, 5.41) is 0. The van der Waals surface area contributed by atoms with Crippen molar-refractivity contribution < 1.29 is 14.3 Å². The first-order valence-corrected chi connectivity index (χ1v) is 5.23. The normalized spacial score (nSPS) is 10.1. The summed E-state index contributed by atoms with van der Waals surface area (Å²) in [4.78, 5) is 23.1. The molecule has 4 N–H and O–H groups in total. The van der Waals surface area contributed by atoms with Crippen molar-refractivity contribution >= 4 is 17.4 Å². The number of Topliss-reactive ketones (excluding diaryl/α,β-unsaturated/α-hetero) is 1. The highest BCUT2D eigenvalue weighted by Gasteiger charge is 2.16. The average molecular weight is 236 g/mol. The number of ketones is 1. The van der Waals surface area contributed by atoms with E-state index >= 15 is 0 Å². The monoisotopic (exact) mass is 236 g/mol. The maximum absolute atomic E-state index is 11.7. The van der Waals surface area contributed by atoms with E-state index in [0.717, 1.165) is 0 Å². The summed E-state index contributed by atoms with van der Waals surface area (Å²) in [6, 6.07) is 3.08. The van der Waals surface area contributed by atoms with Gasteiger partial charge in [0.15, 0.2) is 5.78 Å². The fourth-order valence-corrected chi connectivity index (χ4v) is 1.57. The van der Waals surface area contributed by atoms with E-state index in [1.54, 1.807) is 13.0 Å². The number of hydrogen-bond acceptors (Lipinski definition) is 5. The first-order valence-electron chi connectivity index (χ1n) is 5.23. The Morgan fingerprint density at radius 3 is 2.41 bits per heavy atom. The van der Waals surface area contributed by atoms with E-state index in [1.807, 2.05) is 0 Å². The van der Waals surface area contributed by atoms with Crippen LogP contribution in [0.1, 0.15) is 32.7 Å². The maximum atomic E-state index is 11.7. The molecule has 0 radical (unpaired) electrons. The van der Waals surface area contributed by atoms with Crippen LogP contribution < -0.4 is 11.5 Å². The third kappa shape index (κ3) is 2.62. The highest BCUT2D eigenvalue weighted by atomic mass is 16.5. The molecule has 17 heavy (non-hydrogen) atoms. The summed E-state index contributed by atoms with van der Waals surface area (Å²) in [5.74, 6) is -0.587. The lowest BCUT2D eigenvalue weighted by molar-refractivity contribution is 0.0599. The van der Waals surface area contributed by atoms with Gasteiger partial charge in [-0.05, 0) is 31.2 Å². The Hall–Kier alpha value is -1.88. The lowest BCUT2D eigenvalue weighted by Crippen LogP contribution is -2.13. The summed E-state index contributed by atoms with van der Waals surface area (Å²) < 4.78 is 4.62. The largest absolute Gasteiger partial charge is 0.465 e. The van der Waals surface area contributed by atoms with Crippen LogP contribution in [0, 0.1) is 6.92 Å². The van der Waals surface area contributed by atoms with Gasteiger partial charge >= 0.3 is 5.97 Å². The fraction of sp³-hybridized carbons (Fsp3) is 0.333. The number of hydrogen-bond donors (Lipinski definition) is 2. The zero-order valence-corrected chi connectivity index (χ0v) is 9.95. The standard InChI is InChI=1S/C12H16N2O3/c1-7-8(12(16)17-2)3-4-9(11(7)14)10(15)5-6-13/h3-4H,5-6,13-14H2,1-2H3. The Balaban J connectivity index is 3.19. The Morgan fingerprint density at radius 2 is 1.88 bits per heavy atom. The molecule has 0 fully saturated rings. The first kappa shape index (κ1) is 13.2. The predicted octanol–water partition coefficient (Wildman–Crippen LogP) is 0.895. The van der Waals surface area contributed by atoms with E-state index < -0.39 is 5.97 Å². The summed E-state index contributed by atoms with van der Waals surface area (Å²) in [6.45, 7) is 1.96. The van der Waals surface area contributed by atoms with Gasteiger partial charge in [-0.3, -0.25) is 4.79 Å². The van der Waals surface area contributed by atoms with E-state index in [-0.39, 0.29) is 18.7 Å². The van der Waals surface area contributed by atoms with Gasteiger partial charge in [0, 0.05) is 17.7 Å². The molecule has 1 rings (SSSR count). The van der Waals surface area contributed by atoms with Gasteiger partial charge < -0.3 is 16.2 Å². The molecule has 0 unspecified atom stereocenters. The third-order valence-electron chi connectivity index (χ3n) is 2.59. The molecule has 0 bridgehead atoms. The number of anilines is 1. The number of carbonyl (C=O) groups is 2. The smallest absolute Gasteiger partial charge is 0.338 e. The molecule has 0 amide bonds. The van der Waals surface area contributed by atoms with Crippen LogP contribution in [0.15, 0.2) is 12.1 Å². The molecule has 92 valence electrons. The fourth-order valence-electron chi connectivity index (χ4n) is 1.57. The number of esters is 1. The van der Waals surface area contributed by atoms with E-state index in [2.05, 4.69) is 4.74 Å². The average Bonchev–Trinajstić information content (AvgIpc) is 2.31. The van der Waals surface area contributed by atoms with E-state index in [9.17, 15) is 9.59 Å². The van der Waals surface area contributed by atoms with Crippen molar-refractivity contribution in [3.05, 3.63) is 28.8 Å². The second-order valence-corrected chi connectivity index (χ2v) is 3.65. The zero-order valence-electron chi connectivity index (χ0n) is 9.95. The Labute approximate surface area is 99.7 Å². The molecule has 0 saturated carbocycles. The summed E-state index contributed by atoms with van der Waals surface area (Å²) in [5.41, 5.74) is 12.8. The Kier molecular flexibility index (Phi) is 4.23. The van der Waals surface area contributed by atoms with E-state index in [4.69, 9.17) is 11.5 Å². The summed E-state index contributed by atoms with van der Waals surface area (Å²) in [6.07, 6.45) is 0.237. The topological polar surface area (TPSA) is 95.4 Å². The Morgan fingerprint density at radius 1 is 1.29 bits per heavy atom. The van der Waals surface area contributed by atoms with Crippen LogP contribution in [-0.2, 0) is 4.74 Å². The molecule has 5 nitrogen and oxygen atoms in total. The van der Waals surface area contributed by atoms with Gasteiger partial charge in [-0.1, -0.05) is 0 Å². The number of ether oxygens (including phenoxy) is 1. The van der Waals surface area contributed by atoms with Crippen LogP contribution >= 0.6 is 0 Å². The molecule has 0 saturated heterocycles. The maximum Gasteiger partial charge on any atom is 0.338 e. The van der Waals surface area contributed by atoms with E-state index in [0.29, 0.717) is 22.4 Å². The number of rotatable bonds is 4. The van der Waals surface area contributed by atoms with Crippen molar-refractivity contribution in [2.24, 2.45) is 5.73 Å². The van der Waals surface area contributed by atoms with Crippen LogP contribution in [0.3, 0.4) is 0 Å². The lowest BCUT2D eigenvalue weighted by atomic mass is 9.98. The quantitative estimate of drug-likeness (QED) is 0.460. The zero-order chi connectivity index (χ0) is 13.0. The van der Waals surface area contributed by atoms with Gasteiger partial charge in [0.05, 0.1) is 12.7 Å². The summed E-state index contributed by atoms with van der Waals surface area (Å²) in [7, 11) is 1.30. The van der Waals surface area contributed by atoms with Gasteiger partial charge in [0.25, 0.3) is 0 Å². The summed E-state index contributed by atoms with van der Waals surface area (Å²) >= 11 is 0. The van der Waals surface area contributed by atoms with Crippen molar-refractivity contribution in [2.45, 2.75) is 13.3 Å². The van der Waals surface area contributed by atoms with Crippen molar-refractivity contribution in [3.63, 3.8) is 0 Å². The van der Waals surface area contributed by atoms with Gasteiger partial charge in [-0.2, -0.15) is 0 Å². The molecule has 0 aliphatic rings. The third-order valence-corrected chi connectivity index (χ3v) is 2.59. The molecular weight excluding hydrogens is 220 g/mol. The van der Waals surface area contributed by atoms with Crippen LogP contribution in [0.4, 0.5) is 5.69 Å².